The number of fused-ring (bicyclic) bond motifs is 1. The number of amides is 1. The van der Waals surface area contributed by atoms with Crippen LogP contribution in [-0.2, 0) is 11.2 Å². The highest BCUT2D eigenvalue weighted by Crippen LogP contribution is 2.32. The molecule has 0 saturated heterocycles. The fraction of sp³-hybridized carbons (Fsp3) is 0.130. The fourth-order valence-corrected chi connectivity index (χ4v) is 3.30. The second-order valence-corrected chi connectivity index (χ2v) is 6.91. The van der Waals surface area contributed by atoms with E-state index in [-0.39, 0.29) is 11.7 Å². The molecule has 4 rings (SSSR count). The number of pyridine rings is 1. The Morgan fingerprint density at radius 3 is 2.72 bits per heavy atom. The van der Waals surface area contributed by atoms with Crippen LogP contribution in [0.3, 0.4) is 0 Å². The molecule has 1 aliphatic rings. The van der Waals surface area contributed by atoms with E-state index < -0.39 is 0 Å². The van der Waals surface area contributed by atoms with Crippen molar-refractivity contribution in [1.29, 1.82) is 0 Å². The van der Waals surface area contributed by atoms with Gasteiger partial charge in [-0.25, -0.2) is 4.39 Å². The molecule has 1 aliphatic heterocycles. The number of aromatic nitrogens is 1. The van der Waals surface area contributed by atoms with Crippen molar-refractivity contribution in [3.8, 4) is 0 Å². The van der Waals surface area contributed by atoms with Gasteiger partial charge < -0.3 is 16.0 Å². The number of nitrogens with zero attached hydrogens (tertiary/aromatic N) is 1. The van der Waals surface area contributed by atoms with Crippen LogP contribution in [-0.4, -0.2) is 17.4 Å². The molecule has 0 bridgehead atoms. The van der Waals surface area contributed by atoms with E-state index in [4.69, 9.17) is 0 Å². The van der Waals surface area contributed by atoms with E-state index >= 15 is 0 Å². The molecule has 6 heteroatoms. The lowest BCUT2D eigenvalue weighted by molar-refractivity contribution is -0.110. The zero-order valence-electron chi connectivity index (χ0n) is 16.0. The molecule has 29 heavy (non-hydrogen) atoms. The summed E-state index contributed by atoms with van der Waals surface area (Å²) in [5.41, 5.74) is 5.84. The highest BCUT2D eigenvalue weighted by Gasteiger charge is 2.24. The van der Waals surface area contributed by atoms with Gasteiger partial charge in [0, 0.05) is 47.8 Å². The molecule has 0 unspecified atom stereocenters. The fourth-order valence-electron chi connectivity index (χ4n) is 3.30. The smallest absolute Gasteiger partial charge is 0.257 e. The van der Waals surface area contributed by atoms with Crippen molar-refractivity contribution in [2.24, 2.45) is 0 Å². The number of benzene rings is 2. The molecule has 1 aromatic heterocycles. The van der Waals surface area contributed by atoms with E-state index in [0.717, 1.165) is 29.9 Å². The lowest BCUT2D eigenvalue weighted by Gasteiger charge is -2.11. The highest BCUT2D eigenvalue weighted by atomic mass is 19.1. The normalized spacial score (nSPS) is 13.9. The van der Waals surface area contributed by atoms with Crippen LogP contribution in [0.2, 0.25) is 0 Å². The second kappa shape index (κ2) is 8.14. The molecule has 0 fully saturated rings. The predicted octanol–water partition coefficient (Wildman–Crippen LogP) is 4.59. The van der Waals surface area contributed by atoms with Crippen LogP contribution in [0.25, 0.3) is 5.57 Å². The van der Waals surface area contributed by atoms with Gasteiger partial charge in [-0.3, -0.25) is 9.78 Å². The van der Waals surface area contributed by atoms with Gasteiger partial charge in [-0.2, -0.15) is 0 Å². The molecule has 0 aliphatic carbocycles. The molecule has 0 radical (unpaired) electrons. The quantitative estimate of drug-likeness (QED) is 0.541. The molecule has 5 nitrogen and oxygen atoms in total. The Balaban J connectivity index is 1.42. The van der Waals surface area contributed by atoms with Gasteiger partial charge in [0.05, 0.1) is 5.57 Å². The first-order chi connectivity index (χ1) is 14.1. The molecular weight excluding hydrogens is 367 g/mol. The molecule has 0 atom stereocenters. The first-order valence-corrected chi connectivity index (χ1v) is 9.41. The molecule has 0 saturated carbocycles. The largest absolute Gasteiger partial charge is 0.384 e. The minimum atomic E-state index is -0.371. The van der Waals surface area contributed by atoms with Crippen LogP contribution < -0.4 is 16.0 Å². The van der Waals surface area contributed by atoms with Crippen LogP contribution in [0.15, 0.2) is 67.1 Å². The number of hydrogen-bond donors (Lipinski definition) is 3. The summed E-state index contributed by atoms with van der Waals surface area (Å²) in [7, 11) is 0. The van der Waals surface area contributed by atoms with Crippen LogP contribution in [0.1, 0.15) is 16.7 Å². The minimum absolute atomic E-state index is 0.246. The third kappa shape index (κ3) is 4.27. The molecule has 1 amide bonds. The number of nitrogens with one attached hydrogen (secondary N) is 3. The Bertz CT molecular complexity index is 1080. The van der Waals surface area contributed by atoms with Crippen molar-refractivity contribution in [1.82, 2.24) is 4.98 Å². The molecular formula is C23H21FN4O. The zero-order chi connectivity index (χ0) is 20.2. The van der Waals surface area contributed by atoms with E-state index in [1.165, 1.54) is 17.7 Å². The average molecular weight is 388 g/mol. The Morgan fingerprint density at radius 2 is 1.93 bits per heavy atom. The van der Waals surface area contributed by atoms with E-state index in [9.17, 15) is 9.18 Å². The van der Waals surface area contributed by atoms with Crippen LogP contribution in [0.5, 0.6) is 0 Å². The van der Waals surface area contributed by atoms with Crippen molar-refractivity contribution in [2.45, 2.75) is 13.3 Å². The van der Waals surface area contributed by atoms with Gasteiger partial charge in [0.15, 0.2) is 0 Å². The maximum atomic E-state index is 13.5. The summed E-state index contributed by atoms with van der Waals surface area (Å²) >= 11 is 0. The topological polar surface area (TPSA) is 66.1 Å². The summed E-state index contributed by atoms with van der Waals surface area (Å²) in [4.78, 5) is 16.2. The first kappa shape index (κ1) is 18.7. The maximum absolute atomic E-state index is 13.5. The number of halogens is 1. The number of rotatable bonds is 6. The minimum Gasteiger partial charge on any atom is -0.384 e. The van der Waals surface area contributed by atoms with Crippen LogP contribution in [0.4, 0.5) is 21.5 Å². The van der Waals surface area contributed by atoms with Crippen molar-refractivity contribution in [2.75, 3.05) is 22.5 Å². The maximum Gasteiger partial charge on any atom is 0.257 e. The predicted molar refractivity (Wildman–Crippen MR) is 114 cm³/mol. The Hall–Kier alpha value is -3.67. The zero-order valence-corrected chi connectivity index (χ0v) is 16.0. The van der Waals surface area contributed by atoms with Crippen molar-refractivity contribution >= 4 is 28.5 Å². The second-order valence-electron chi connectivity index (χ2n) is 6.91. The molecule has 0 spiro atoms. The number of aryl methyl sites for hydroxylation is 1. The van der Waals surface area contributed by atoms with Gasteiger partial charge in [-0.1, -0.05) is 0 Å². The van der Waals surface area contributed by atoms with Crippen LogP contribution in [0, 0.1) is 12.7 Å². The van der Waals surface area contributed by atoms with Gasteiger partial charge in [-0.15, -0.1) is 0 Å². The van der Waals surface area contributed by atoms with Crippen molar-refractivity contribution in [3.63, 3.8) is 0 Å². The summed E-state index contributed by atoms with van der Waals surface area (Å²) in [5.74, 6) is -0.617. The van der Waals surface area contributed by atoms with Crippen molar-refractivity contribution in [3.05, 3.63) is 89.6 Å². The lowest BCUT2D eigenvalue weighted by Crippen LogP contribution is -2.07. The highest BCUT2D eigenvalue weighted by molar-refractivity contribution is 6.31. The number of carbonyl (C=O) groups is 1. The Labute approximate surface area is 168 Å². The standard InChI is InChI=1S/C23H21FN4O/c1-15-12-18(3-5-21(15)26-11-8-16-6-9-25-10-7-16)27-14-20-19-13-17(24)2-4-22(19)28-23(20)29/h2-7,9-10,12-14,26-27H,8,11H2,1H3,(H,28,29). The number of carbonyl (C=O) groups excluding carboxylic acids is 1. The van der Waals surface area contributed by atoms with E-state index in [1.54, 1.807) is 24.7 Å². The van der Waals surface area contributed by atoms with Gasteiger partial charge in [-0.05, 0) is 73.0 Å². The van der Waals surface area contributed by atoms with E-state index in [0.29, 0.717) is 16.8 Å². The monoisotopic (exact) mass is 388 g/mol. The molecule has 2 aromatic carbocycles. The third-order valence-corrected chi connectivity index (χ3v) is 4.85. The lowest BCUT2D eigenvalue weighted by atomic mass is 10.1. The van der Waals surface area contributed by atoms with Gasteiger partial charge in [0.25, 0.3) is 5.91 Å². The summed E-state index contributed by atoms with van der Waals surface area (Å²) in [6.45, 7) is 2.85. The molecule has 146 valence electrons. The summed E-state index contributed by atoms with van der Waals surface area (Å²) in [5, 5.41) is 9.33. The Morgan fingerprint density at radius 1 is 1.10 bits per heavy atom. The van der Waals surface area contributed by atoms with Crippen LogP contribution >= 0.6 is 0 Å². The molecule has 3 N–H and O–H groups in total. The number of anilines is 3. The van der Waals surface area contributed by atoms with E-state index in [2.05, 4.69) is 20.9 Å². The molecule has 3 aromatic rings. The van der Waals surface area contributed by atoms with Gasteiger partial charge >= 0.3 is 0 Å². The summed E-state index contributed by atoms with van der Waals surface area (Å²) < 4.78 is 13.5. The number of hydrogen-bond acceptors (Lipinski definition) is 4. The van der Waals surface area contributed by atoms with Gasteiger partial charge in [0.1, 0.15) is 5.82 Å². The SMILES string of the molecule is Cc1cc(NC=C2C(=O)Nc3ccc(F)cc32)ccc1NCCc1ccncc1. The van der Waals surface area contributed by atoms with Crippen molar-refractivity contribution < 1.29 is 9.18 Å². The summed E-state index contributed by atoms with van der Waals surface area (Å²) in [6, 6.07) is 14.2. The Kier molecular flexibility index (Phi) is 5.24. The van der Waals surface area contributed by atoms with Gasteiger partial charge in [0.2, 0.25) is 0 Å². The summed E-state index contributed by atoms with van der Waals surface area (Å²) in [6.07, 6.45) is 6.13. The molecule has 2 heterocycles. The van der Waals surface area contributed by atoms with E-state index in [1.807, 2.05) is 37.3 Å². The average Bonchev–Trinajstić information content (AvgIpc) is 3.03. The third-order valence-electron chi connectivity index (χ3n) is 4.85. The first-order valence-electron chi connectivity index (χ1n) is 9.41.